The van der Waals surface area contributed by atoms with Crippen molar-refractivity contribution >= 4 is 22.9 Å². The molecule has 0 radical (unpaired) electrons. The Morgan fingerprint density at radius 3 is 2.97 bits per heavy atom. The standard InChI is InChI=1S/C22H22FN5O2/c1-12(24)26-6-5-18(25)16-9-19-20(10-17(16)23)28-22(27-19)14-7-13-8-15(29-2)3-4-21(13)30-11-14/h3-6,8-10,14H,1,7,11,24-25H2,2H3,(H,27,28)/b18-5-,26-6-. The lowest BCUT2D eigenvalue weighted by Gasteiger charge is -2.24. The SMILES string of the molecule is C=C(N)/N=C\C=C(/N)c1cc2[nH]c(C3COc4ccc(OC)cc4C3)nc2cc1F. The van der Waals surface area contributed by atoms with E-state index < -0.39 is 5.82 Å². The predicted molar refractivity (Wildman–Crippen MR) is 115 cm³/mol. The van der Waals surface area contributed by atoms with Crippen molar-refractivity contribution in [3.05, 3.63) is 71.6 Å². The highest BCUT2D eigenvalue weighted by molar-refractivity contribution is 5.87. The number of nitrogens with zero attached hydrogens (tertiary/aromatic N) is 2. The number of allylic oxidation sites excluding steroid dienone is 1. The molecule has 1 atom stereocenters. The number of fused-ring (bicyclic) bond motifs is 2. The van der Waals surface area contributed by atoms with Crippen molar-refractivity contribution in [3.63, 3.8) is 0 Å². The lowest BCUT2D eigenvalue weighted by atomic mass is 9.96. The summed E-state index contributed by atoms with van der Waals surface area (Å²) in [4.78, 5) is 11.7. The van der Waals surface area contributed by atoms with Crippen LogP contribution in [-0.4, -0.2) is 29.9 Å². The highest BCUT2D eigenvalue weighted by atomic mass is 19.1. The van der Waals surface area contributed by atoms with Crippen LogP contribution >= 0.6 is 0 Å². The van der Waals surface area contributed by atoms with Crippen molar-refractivity contribution in [1.29, 1.82) is 0 Å². The zero-order valence-corrected chi connectivity index (χ0v) is 16.5. The summed E-state index contributed by atoms with van der Waals surface area (Å²) in [7, 11) is 1.63. The Hall–Kier alpha value is -3.81. The van der Waals surface area contributed by atoms with E-state index in [0.29, 0.717) is 17.6 Å². The molecule has 5 N–H and O–H groups in total. The van der Waals surface area contributed by atoms with Crippen LogP contribution in [0.15, 0.2) is 53.8 Å². The number of aliphatic imine (C=N–C) groups is 1. The molecule has 1 aliphatic heterocycles. The summed E-state index contributed by atoms with van der Waals surface area (Å²) in [5.74, 6) is 2.04. The second-order valence-electron chi connectivity index (χ2n) is 7.05. The van der Waals surface area contributed by atoms with Gasteiger partial charge in [0.2, 0.25) is 0 Å². The van der Waals surface area contributed by atoms with Gasteiger partial charge in [0, 0.05) is 23.5 Å². The monoisotopic (exact) mass is 407 g/mol. The third kappa shape index (κ3) is 3.84. The van der Waals surface area contributed by atoms with Crippen LogP contribution in [0.4, 0.5) is 4.39 Å². The maximum Gasteiger partial charge on any atom is 0.134 e. The molecule has 4 rings (SSSR count). The summed E-state index contributed by atoms with van der Waals surface area (Å²) >= 11 is 0. The van der Waals surface area contributed by atoms with E-state index in [1.54, 1.807) is 13.2 Å². The summed E-state index contributed by atoms with van der Waals surface area (Å²) in [6.07, 6.45) is 3.59. The Bertz CT molecular complexity index is 1180. The number of hydrogen-bond donors (Lipinski definition) is 3. The highest BCUT2D eigenvalue weighted by Crippen LogP contribution is 2.34. The van der Waals surface area contributed by atoms with Gasteiger partial charge in [0.25, 0.3) is 0 Å². The molecule has 7 nitrogen and oxygen atoms in total. The van der Waals surface area contributed by atoms with Crippen LogP contribution < -0.4 is 20.9 Å². The molecular formula is C22H22FN5O2. The molecule has 30 heavy (non-hydrogen) atoms. The largest absolute Gasteiger partial charge is 0.497 e. The van der Waals surface area contributed by atoms with Crippen LogP contribution in [0.5, 0.6) is 11.5 Å². The molecule has 0 saturated heterocycles. The smallest absolute Gasteiger partial charge is 0.134 e. The van der Waals surface area contributed by atoms with Crippen molar-refractivity contribution in [2.75, 3.05) is 13.7 Å². The summed E-state index contributed by atoms with van der Waals surface area (Å²) in [6, 6.07) is 8.74. The molecule has 8 heteroatoms. The third-order valence-corrected chi connectivity index (χ3v) is 4.96. The summed E-state index contributed by atoms with van der Waals surface area (Å²) in [5, 5.41) is 0. The number of methoxy groups -OCH3 is 1. The van der Waals surface area contributed by atoms with Gasteiger partial charge in [-0.15, -0.1) is 0 Å². The normalized spacial score (nSPS) is 16.5. The molecule has 0 bridgehead atoms. The third-order valence-electron chi connectivity index (χ3n) is 4.96. The van der Waals surface area contributed by atoms with Crippen LogP contribution in [0, 0.1) is 5.82 Å². The first kappa shape index (κ1) is 19.5. The Labute approximate surface area is 172 Å². The fraction of sp³-hybridized carbons (Fsp3) is 0.182. The lowest BCUT2D eigenvalue weighted by Crippen LogP contribution is -2.20. The Kier molecular flexibility index (Phi) is 5.14. The maximum absolute atomic E-state index is 14.6. The zero-order chi connectivity index (χ0) is 21.3. The van der Waals surface area contributed by atoms with Crippen LogP contribution in [0.1, 0.15) is 22.9 Å². The first-order valence-corrected chi connectivity index (χ1v) is 9.38. The molecule has 2 heterocycles. The number of ether oxygens (including phenoxy) is 2. The van der Waals surface area contributed by atoms with Crippen molar-refractivity contribution in [2.45, 2.75) is 12.3 Å². The maximum atomic E-state index is 14.6. The molecule has 1 aliphatic rings. The first-order chi connectivity index (χ1) is 14.4. The lowest BCUT2D eigenvalue weighted by molar-refractivity contribution is 0.257. The Morgan fingerprint density at radius 2 is 2.20 bits per heavy atom. The van der Waals surface area contributed by atoms with E-state index in [4.69, 9.17) is 20.9 Å². The topological polar surface area (TPSA) is 112 Å². The van der Waals surface area contributed by atoms with Crippen molar-refractivity contribution in [3.8, 4) is 11.5 Å². The second kappa shape index (κ2) is 7.90. The van der Waals surface area contributed by atoms with Crippen LogP contribution in [0.3, 0.4) is 0 Å². The molecule has 0 amide bonds. The summed E-state index contributed by atoms with van der Waals surface area (Å²) < 4.78 is 25.8. The zero-order valence-electron chi connectivity index (χ0n) is 16.5. The van der Waals surface area contributed by atoms with Crippen molar-refractivity contribution in [2.24, 2.45) is 16.5 Å². The van der Waals surface area contributed by atoms with Gasteiger partial charge in [0.05, 0.1) is 30.7 Å². The number of rotatable bonds is 5. The molecule has 0 fully saturated rings. The Balaban J connectivity index is 1.63. The molecule has 3 aromatic rings. The van der Waals surface area contributed by atoms with Gasteiger partial charge in [-0.1, -0.05) is 6.58 Å². The van der Waals surface area contributed by atoms with Gasteiger partial charge >= 0.3 is 0 Å². The van der Waals surface area contributed by atoms with Gasteiger partial charge in [-0.05, 0) is 42.3 Å². The number of nitrogens with one attached hydrogen (secondary N) is 1. The molecule has 1 aromatic heterocycles. The van der Waals surface area contributed by atoms with Gasteiger partial charge in [0.1, 0.15) is 29.0 Å². The quantitative estimate of drug-likeness (QED) is 0.562. The molecular weight excluding hydrogens is 385 g/mol. The van der Waals surface area contributed by atoms with Crippen LogP contribution in [0.2, 0.25) is 0 Å². The number of aromatic amines is 1. The van der Waals surface area contributed by atoms with Gasteiger partial charge in [-0.2, -0.15) is 0 Å². The molecule has 0 spiro atoms. The minimum absolute atomic E-state index is 0.0131. The minimum Gasteiger partial charge on any atom is -0.497 e. The average Bonchev–Trinajstić information content (AvgIpc) is 3.14. The van der Waals surface area contributed by atoms with E-state index in [1.807, 2.05) is 18.2 Å². The number of aromatic nitrogens is 2. The number of hydrogen-bond acceptors (Lipinski definition) is 6. The van der Waals surface area contributed by atoms with Crippen molar-refractivity contribution < 1.29 is 13.9 Å². The summed E-state index contributed by atoms with van der Waals surface area (Å²) in [5.41, 5.74) is 14.1. The summed E-state index contributed by atoms with van der Waals surface area (Å²) in [6.45, 7) is 3.94. The van der Waals surface area contributed by atoms with Gasteiger partial charge in [0.15, 0.2) is 0 Å². The average molecular weight is 407 g/mol. The molecule has 0 saturated carbocycles. The number of nitrogens with two attached hydrogens (primary N) is 2. The van der Waals surface area contributed by atoms with Crippen molar-refractivity contribution in [1.82, 2.24) is 9.97 Å². The Morgan fingerprint density at radius 1 is 1.37 bits per heavy atom. The molecule has 154 valence electrons. The molecule has 2 aromatic carbocycles. The van der Waals surface area contributed by atoms with E-state index in [2.05, 4.69) is 21.5 Å². The van der Waals surface area contributed by atoms with E-state index >= 15 is 0 Å². The van der Waals surface area contributed by atoms with E-state index in [1.165, 1.54) is 18.4 Å². The number of halogens is 1. The van der Waals surface area contributed by atoms with Gasteiger partial charge in [-0.25, -0.2) is 14.4 Å². The second-order valence-corrected chi connectivity index (χ2v) is 7.05. The predicted octanol–water partition coefficient (Wildman–Crippen LogP) is 3.23. The fourth-order valence-corrected chi connectivity index (χ4v) is 3.44. The number of imidazole rings is 1. The van der Waals surface area contributed by atoms with Crippen LogP contribution in [0.25, 0.3) is 16.7 Å². The highest BCUT2D eigenvalue weighted by Gasteiger charge is 2.25. The molecule has 1 unspecified atom stereocenters. The van der Waals surface area contributed by atoms with Gasteiger partial charge < -0.3 is 25.9 Å². The number of H-pyrrole nitrogens is 1. The number of benzene rings is 2. The fourth-order valence-electron chi connectivity index (χ4n) is 3.44. The first-order valence-electron chi connectivity index (χ1n) is 9.38. The molecule has 0 aliphatic carbocycles. The van der Waals surface area contributed by atoms with E-state index in [-0.39, 0.29) is 23.0 Å². The van der Waals surface area contributed by atoms with E-state index in [0.717, 1.165) is 29.3 Å². The van der Waals surface area contributed by atoms with Crippen LogP contribution in [-0.2, 0) is 6.42 Å². The van der Waals surface area contributed by atoms with E-state index in [9.17, 15) is 4.39 Å². The van der Waals surface area contributed by atoms with Gasteiger partial charge in [-0.3, -0.25) is 0 Å². The minimum atomic E-state index is -0.468.